The molecule has 0 unspecified atom stereocenters. The summed E-state index contributed by atoms with van der Waals surface area (Å²) >= 11 is 0. The molecule has 0 atom stereocenters. The first-order valence-corrected chi connectivity index (χ1v) is 4.98. The quantitative estimate of drug-likeness (QED) is 0.784. The topological polar surface area (TPSA) is 26.0 Å². The molecule has 0 amide bonds. The van der Waals surface area contributed by atoms with Gasteiger partial charge in [-0.25, -0.2) is 4.39 Å². The van der Waals surface area contributed by atoms with Crippen molar-refractivity contribution >= 4 is 0 Å². The van der Waals surface area contributed by atoms with Crippen LogP contribution in [-0.2, 0) is 12.8 Å². The highest BCUT2D eigenvalue weighted by molar-refractivity contribution is 5.24. The summed E-state index contributed by atoms with van der Waals surface area (Å²) in [5, 5.41) is 0. The third-order valence-electron chi connectivity index (χ3n) is 2.05. The fourth-order valence-electron chi connectivity index (χ4n) is 1.55. The van der Waals surface area contributed by atoms with Crippen LogP contribution in [0.25, 0.3) is 0 Å². The van der Waals surface area contributed by atoms with Crippen molar-refractivity contribution in [2.75, 3.05) is 6.54 Å². The number of benzene rings is 1. The van der Waals surface area contributed by atoms with Gasteiger partial charge in [0.25, 0.3) is 0 Å². The molecule has 2 N–H and O–H groups in total. The molecule has 2 heteroatoms. The normalized spacial score (nSPS) is 11.7. The Balaban J connectivity index is 2.73. The lowest BCUT2D eigenvalue weighted by atomic mass is 9.98. The first-order chi connectivity index (χ1) is 6.51. The summed E-state index contributed by atoms with van der Waals surface area (Å²) in [6.45, 7) is 3.84. The Hall–Kier alpha value is -0.890. The maximum absolute atomic E-state index is 13.4. The largest absolute Gasteiger partial charge is 0.330 e. The Morgan fingerprint density at radius 1 is 1.29 bits per heavy atom. The van der Waals surface area contributed by atoms with Crippen LogP contribution in [0, 0.1) is 0 Å². The summed E-state index contributed by atoms with van der Waals surface area (Å²) in [5.41, 5.74) is 6.56. The zero-order valence-electron chi connectivity index (χ0n) is 8.89. The summed E-state index contributed by atoms with van der Waals surface area (Å²) in [6.07, 6.45) is 1.33. The highest BCUT2D eigenvalue weighted by Gasteiger charge is 2.15. The molecular formula is C12H18FN. The molecule has 0 aliphatic rings. The molecule has 1 nitrogen and oxygen atoms in total. The van der Waals surface area contributed by atoms with Gasteiger partial charge in [-0.3, -0.25) is 0 Å². The summed E-state index contributed by atoms with van der Waals surface area (Å²) in [7, 11) is 0. The van der Waals surface area contributed by atoms with Gasteiger partial charge in [-0.2, -0.15) is 0 Å². The lowest BCUT2D eigenvalue weighted by Gasteiger charge is -2.14. The van der Waals surface area contributed by atoms with Crippen LogP contribution >= 0.6 is 0 Å². The fraction of sp³-hybridized carbons (Fsp3) is 0.500. The number of hydrogen-bond donors (Lipinski definition) is 1. The third kappa shape index (κ3) is 3.88. The second-order valence-corrected chi connectivity index (χ2v) is 4.25. The van der Waals surface area contributed by atoms with Crippen molar-refractivity contribution in [3.05, 3.63) is 35.4 Å². The van der Waals surface area contributed by atoms with Crippen LogP contribution in [0.4, 0.5) is 4.39 Å². The Labute approximate surface area is 85.1 Å². The van der Waals surface area contributed by atoms with Gasteiger partial charge in [0.15, 0.2) is 0 Å². The molecule has 14 heavy (non-hydrogen) atoms. The van der Waals surface area contributed by atoms with Crippen LogP contribution in [-0.4, -0.2) is 12.2 Å². The maximum atomic E-state index is 13.4. The smallest absolute Gasteiger partial charge is 0.109 e. The molecule has 0 heterocycles. The summed E-state index contributed by atoms with van der Waals surface area (Å²) < 4.78 is 13.4. The number of hydrogen-bond acceptors (Lipinski definition) is 1. The number of alkyl halides is 1. The lowest BCUT2D eigenvalue weighted by molar-refractivity contribution is 0.217. The van der Waals surface area contributed by atoms with Gasteiger partial charge >= 0.3 is 0 Å². The number of rotatable bonds is 4. The van der Waals surface area contributed by atoms with E-state index in [9.17, 15) is 4.39 Å². The van der Waals surface area contributed by atoms with Crippen LogP contribution in [0.1, 0.15) is 25.0 Å². The lowest BCUT2D eigenvalue weighted by Crippen LogP contribution is -2.15. The van der Waals surface area contributed by atoms with E-state index in [-0.39, 0.29) is 0 Å². The summed E-state index contributed by atoms with van der Waals surface area (Å²) in [4.78, 5) is 0. The molecule has 0 saturated carbocycles. The second kappa shape index (κ2) is 4.56. The standard InChI is InChI=1S/C12H18FN/c1-12(2,13)9-11-5-3-4-10(8-11)6-7-14/h3-5,8H,6-7,9,14H2,1-2H3. The minimum atomic E-state index is -1.14. The SMILES string of the molecule is CC(C)(F)Cc1cccc(CCN)c1. The van der Waals surface area contributed by atoms with Gasteiger partial charge in [-0.15, -0.1) is 0 Å². The molecule has 78 valence electrons. The molecule has 1 aromatic carbocycles. The van der Waals surface area contributed by atoms with E-state index in [4.69, 9.17) is 5.73 Å². The molecule has 0 bridgehead atoms. The molecule has 0 aliphatic carbocycles. The molecular weight excluding hydrogens is 177 g/mol. The zero-order chi connectivity index (χ0) is 10.6. The average Bonchev–Trinajstić information content (AvgIpc) is 2.02. The highest BCUT2D eigenvalue weighted by atomic mass is 19.1. The molecule has 0 aliphatic heterocycles. The van der Waals surface area contributed by atoms with Gasteiger partial charge < -0.3 is 5.73 Å². The minimum absolute atomic E-state index is 0.464. The first-order valence-electron chi connectivity index (χ1n) is 4.98. The molecule has 0 spiro atoms. The monoisotopic (exact) mass is 195 g/mol. The molecule has 0 aromatic heterocycles. The number of halogens is 1. The predicted octanol–water partition coefficient (Wildman–Crippen LogP) is 2.48. The van der Waals surface area contributed by atoms with Gasteiger partial charge in [0.1, 0.15) is 5.67 Å². The van der Waals surface area contributed by atoms with Crippen LogP contribution in [0.2, 0.25) is 0 Å². The zero-order valence-corrected chi connectivity index (χ0v) is 8.89. The van der Waals surface area contributed by atoms with E-state index >= 15 is 0 Å². The fourth-order valence-corrected chi connectivity index (χ4v) is 1.55. The maximum Gasteiger partial charge on any atom is 0.109 e. The Morgan fingerprint density at radius 3 is 2.50 bits per heavy atom. The summed E-state index contributed by atoms with van der Waals surface area (Å²) in [5.74, 6) is 0. The van der Waals surface area contributed by atoms with Crippen LogP contribution < -0.4 is 5.73 Å². The van der Waals surface area contributed by atoms with E-state index in [1.54, 1.807) is 13.8 Å². The molecule has 1 rings (SSSR count). The van der Waals surface area contributed by atoms with Crippen LogP contribution in [0.3, 0.4) is 0 Å². The van der Waals surface area contributed by atoms with Gasteiger partial charge in [-0.05, 0) is 37.9 Å². The summed E-state index contributed by atoms with van der Waals surface area (Å²) in [6, 6.07) is 7.99. The van der Waals surface area contributed by atoms with Crippen molar-refractivity contribution in [3.63, 3.8) is 0 Å². The van der Waals surface area contributed by atoms with Crippen molar-refractivity contribution in [2.45, 2.75) is 32.4 Å². The molecule has 1 aromatic rings. The van der Waals surface area contributed by atoms with Crippen molar-refractivity contribution in [3.8, 4) is 0 Å². The van der Waals surface area contributed by atoms with Gasteiger partial charge in [0.05, 0.1) is 0 Å². The van der Waals surface area contributed by atoms with Crippen molar-refractivity contribution in [2.24, 2.45) is 5.73 Å². The third-order valence-corrected chi connectivity index (χ3v) is 2.05. The second-order valence-electron chi connectivity index (χ2n) is 4.25. The number of nitrogens with two attached hydrogens (primary N) is 1. The van der Waals surface area contributed by atoms with E-state index in [0.717, 1.165) is 12.0 Å². The van der Waals surface area contributed by atoms with E-state index in [2.05, 4.69) is 0 Å². The van der Waals surface area contributed by atoms with Crippen molar-refractivity contribution in [1.82, 2.24) is 0 Å². The van der Waals surface area contributed by atoms with Crippen LogP contribution in [0.15, 0.2) is 24.3 Å². The van der Waals surface area contributed by atoms with E-state index in [1.165, 1.54) is 5.56 Å². The van der Waals surface area contributed by atoms with Gasteiger partial charge in [0.2, 0.25) is 0 Å². The first kappa shape index (κ1) is 11.2. The van der Waals surface area contributed by atoms with Gasteiger partial charge in [-0.1, -0.05) is 24.3 Å². The molecule has 0 radical (unpaired) electrons. The Kier molecular flexibility index (Phi) is 3.64. The highest BCUT2D eigenvalue weighted by Crippen LogP contribution is 2.17. The average molecular weight is 195 g/mol. The van der Waals surface area contributed by atoms with Crippen molar-refractivity contribution in [1.29, 1.82) is 0 Å². The van der Waals surface area contributed by atoms with E-state index in [0.29, 0.717) is 13.0 Å². The molecule has 0 fully saturated rings. The molecule has 0 saturated heterocycles. The van der Waals surface area contributed by atoms with Crippen molar-refractivity contribution < 1.29 is 4.39 Å². The van der Waals surface area contributed by atoms with Crippen LogP contribution in [0.5, 0.6) is 0 Å². The minimum Gasteiger partial charge on any atom is -0.330 e. The Bertz CT molecular complexity index is 289. The van der Waals surface area contributed by atoms with E-state index < -0.39 is 5.67 Å². The predicted molar refractivity (Wildman–Crippen MR) is 58.1 cm³/mol. The Morgan fingerprint density at radius 2 is 1.93 bits per heavy atom. The van der Waals surface area contributed by atoms with E-state index in [1.807, 2.05) is 24.3 Å². The van der Waals surface area contributed by atoms with Gasteiger partial charge in [0, 0.05) is 6.42 Å².